The van der Waals surface area contributed by atoms with Gasteiger partial charge in [0, 0.05) is 21.9 Å². The van der Waals surface area contributed by atoms with Crippen LogP contribution in [0.1, 0.15) is 26.4 Å². The van der Waals surface area contributed by atoms with Crippen molar-refractivity contribution in [2.24, 2.45) is 0 Å². The molecule has 1 amide bonds. The number of aromatic nitrogens is 3. The number of rotatable bonds is 5. The monoisotopic (exact) mass is 479 g/mol. The predicted octanol–water partition coefficient (Wildman–Crippen LogP) is 3.99. The summed E-state index contributed by atoms with van der Waals surface area (Å²) in [6.07, 6.45) is 0. The smallest absolute Gasteiger partial charge is 0.341 e. The molecule has 178 valence electrons. The van der Waals surface area contributed by atoms with Crippen molar-refractivity contribution in [2.75, 3.05) is 12.5 Å². The summed E-state index contributed by atoms with van der Waals surface area (Å²) in [5.41, 5.74) is 8.16. The lowest BCUT2D eigenvalue weighted by Gasteiger charge is -2.14. The van der Waals surface area contributed by atoms with Crippen LogP contribution in [0.2, 0.25) is 0 Å². The Bertz CT molecular complexity index is 1700. The fourth-order valence-corrected chi connectivity index (χ4v) is 4.10. The maximum atomic E-state index is 13.1. The second-order valence-corrected chi connectivity index (χ2v) is 8.02. The quantitative estimate of drug-likeness (QED) is 0.198. The summed E-state index contributed by atoms with van der Waals surface area (Å²) >= 11 is 0. The van der Waals surface area contributed by atoms with Crippen LogP contribution in [0.15, 0.2) is 77.6 Å². The summed E-state index contributed by atoms with van der Waals surface area (Å²) in [6, 6.07) is 21.2. The number of aryl methyl sites for hydroxylation is 1. The number of carbonyl (C=O) groups excluding carboxylic acids is 2. The number of hydrazine groups is 1. The number of amides is 1. The summed E-state index contributed by atoms with van der Waals surface area (Å²) in [5, 5.41) is 0.950. The van der Waals surface area contributed by atoms with E-state index in [0.717, 1.165) is 0 Å². The van der Waals surface area contributed by atoms with Crippen LogP contribution in [-0.4, -0.2) is 33.9 Å². The highest BCUT2D eigenvalue weighted by Crippen LogP contribution is 2.25. The van der Waals surface area contributed by atoms with Crippen molar-refractivity contribution in [2.45, 2.75) is 6.92 Å². The molecule has 0 saturated carbocycles. The van der Waals surface area contributed by atoms with Crippen LogP contribution in [0.3, 0.4) is 0 Å². The van der Waals surface area contributed by atoms with Gasteiger partial charge in [-0.15, -0.1) is 0 Å². The average Bonchev–Trinajstić information content (AvgIpc) is 2.91. The molecule has 3 aromatic carbocycles. The van der Waals surface area contributed by atoms with Gasteiger partial charge in [0.25, 0.3) is 5.91 Å². The molecular formula is C27H21N5O4. The van der Waals surface area contributed by atoms with Crippen LogP contribution < -0.4 is 16.3 Å². The van der Waals surface area contributed by atoms with Gasteiger partial charge >= 0.3 is 5.97 Å². The predicted molar refractivity (Wildman–Crippen MR) is 137 cm³/mol. The van der Waals surface area contributed by atoms with Crippen LogP contribution in [-0.2, 0) is 4.74 Å². The summed E-state index contributed by atoms with van der Waals surface area (Å²) in [6.45, 7) is 1.66. The van der Waals surface area contributed by atoms with E-state index in [2.05, 4.69) is 25.8 Å². The molecule has 0 atom stereocenters. The van der Waals surface area contributed by atoms with Crippen molar-refractivity contribution in [3.63, 3.8) is 0 Å². The largest absolute Gasteiger partial charge is 0.465 e. The van der Waals surface area contributed by atoms with Gasteiger partial charge in [0.1, 0.15) is 5.56 Å². The fourth-order valence-electron chi connectivity index (χ4n) is 4.10. The number of benzene rings is 3. The summed E-state index contributed by atoms with van der Waals surface area (Å²) < 4.78 is 4.92. The third kappa shape index (κ3) is 4.03. The summed E-state index contributed by atoms with van der Waals surface area (Å²) in [7, 11) is 1.29. The topological polar surface area (TPSA) is 126 Å². The molecule has 0 bridgehead atoms. The molecule has 36 heavy (non-hydrogen) atoms. The maximum absolute atomic E-state index is 13.1. The zero-order valence-corrected chi connectivity index (χ0v) is 19.5. The molecule has 0 radical (unpaired) electrons. The number of para-hydroxylation sites is 2. The van der Waals surface area contributed by atoms with E-state index in [9.17, 15) is 14.4 Å². The fraction of sp³-hybridized carbons (Fsp3) is 0.0741. The van der Waals surface area contributed by atoms with E-state index in [4.69, 9.17) is 4.74 Å². The van der Waals surface area contributed by atoms with Crippen LogP contribution in [0.5, 0.6) is 0 Å². The Morgan fingerprint density at radius 3 is 2.39 bits per heavy atom. The van der Waals surface area contributed by atoms with Crippen LogP contribution in [0, 0.1) is 6.92 Å². The lowest BCUT2D eigenvalue weighted by atomic mass is 10.0. The molecule has 0 unspecified atom stereocenters. The Labute approximate surface area is 205 Å². The minimum Gasteiger partial charge on any atom is -0.465 e. The molecule has 5 rings (SSSR count). The number of carbonyl (C=O) groups is 2. The van der Waals surface area contributed by atoms with Crippen molar-refractivity contribution in [3.8, 4) is 11.3 Å². The van der Waals surface area contributed by atoms with E-state index in [0.29, 0.717) is 38.8 Å². The SMILES string of the molecule is COC(=O)c1c(C)nc(NNC(=O)c2cccc3c(=O)c4ccccc4[nH]c23)nc1-c1ccccc1. The molecule has 2 aromatic heterocycles. The first kappa shape index (κ1) is 22.7. The summed E-state index contributed by atoms with van der Waals surface area (Å²) in [5.74, 6) is -0.966. The number of aromatic amines is 1. The molecule has 0 aliphatic carbocycles. The number of anilines is 1. The molecular weight excluding hydrogens is 458 g/mol. The Morgan fingerprint density at radius 2 is 1.61 bits per heavy atom. The van der Waals surface area contributed by atoms with Crippen molar-refractivity contribution in [1.82, 2.24) is 20.4 Å². The van der Waals surface area contributed by atoms with Gasteiger partial charge in [-0.2, -0.15) is 0 Å². The molecule has 0 fully saturated rings. The second kappa shape index (κ2) is 9.30. The lowest BCUT2D eigenvalue weighted by molar-refractivity contribution is 0.0599. The van der Waals surface area contributed by atoms with Gasteiger partial charge in [-0.05, 0) is 31.2 Å². The molecule has 5 aromatic rings. The molecule has 0 aliphatic rings. The van der Waals surface area contributed by atoms with Crippen LogP contribution in [0.4, 0.5) is 5.95 Å². The van der Waals surface area contributed by atoms with Gasteiger partial charge in [-0.1, -0.05) is 48.5 Å². The number of pyridine rings is 1. The zero-order chi connectivity index (χ0) is 25.2. The highest BCUT2D eigenvalue weighted by Gasteiger charge is 2.21. The first-order valence-corrected chi connectivity index (χ1v) is 11.1. The zero-order valence-electron chi connectivity index (χ0n) is 19.5. The highest BCUT2D eigenvalue weighted by atomic mass is 16.5. The Morgan fingerprint density at radius 1 is 0.889 bits per heavy atom. The minimum absolute atomic E-state index is 0.0894. The van der Waals surface area contributed by atoms with Crippen molar-refractivity contribution in [3.05, 3.63) is 99.8 Å². The molecule has 0 aliphatic heterocycles. The number of ether oxygens (including phenoxy) is 1. The van der Waals surface area contributed by atoms with E-state index in [1.165, 1.54) is 7.11 Å². The number of hydrogen-bond donors (Lipinski definition) is 3. The van der Waals surface area contributed by atoms with Gasteiger partial charge in [-0.3, -0.25) is 20.4 Å². The first-order chi connectivity index (χ1) is 17.5. The Kier molecular flexibility index (Phi) is 5.87. The number of fused-ring (bicyclic) bond motifs is 2. The third-order valence-corrected chi connectivity index (χ3v) is 5.80. The number of H-pyrrole nitrogens is 1. The Balaban J connectivity index is 1.50. The molecule has 2 heterocycles. The molecule has 0 saturated heterocycles. The first-order valence-electron chi connectivity index (χ1n) is 11.1. The number of hydrogen-bond acceptors (Lipinski definition) is 7. The average molecular weight is 479 g/mol. The van der Waals surface area contributed by atoms with Crippen LogP contribution >= 0.6 is 0 Å². The van der Waals surface area contributed by atoms with Crippen molar-refractivity contribution in [1.29, 1.82) is 0 Å². The number of methoxy groups -OCH3 is 1. The van der Waals surface area contributed by atoms with Gasteiger partial charge in [0.05, 0.1) is 29.6 Å². The second-order valence-electron chi connectivity index (χ2n) is 8.02. The molecule has 3 N–H and O–H groups in total. The molecule has 9 heteroatoms. The van der Waals surface area contributed by atoms with Gasteiger partial charge in [0.15, 0.2) is 5.43 Å². The van der Waals surface area contributed by atoms with E-state index >= 15 is 0 Å². The van der Waals surface area contributed by atoms with Gasteiger partial charge in [0.2, 0.25) is 5.95 Å². The van der Waals surface area contributed by atoms with Crippen LogP contribution in [0.25, 0.3) is 33.1 Å². The number of nitrogens with one attached hydrogen (secondary N) is 3. The number of esters is 1. The van der Waals surface area contributed by atoms with E-state index in [1.807, 2.05) is 36.4 Å². The van der Waals surface area contributed by atoms with Gasteiger partial charge < -0.3 is 9.72 Å². The molecule has 0 spiro atoms. The normalized spacial score (nSPS) is 10.8. The van der Waals surface area contributed by atoms with Crippen molar-refractivity contribution < 1.29 is 14.3 Å². The molecule has 9 nitrogen and oxygen atoms in total. The van der Waals surface area contributed by atoms with Crippen molar-refractivity contribution >= 4 is 39.6 Å². The maximum Gasteiger partial charge on any atom is 0.341 e. The van der Waals surface area contributed by atoms with E-state index < -0.39 is 11.9 Å². The summed E-state index contributed by atoms with van der Waals surface area (Å²) in [4.78, 5) is 50.4. The third-order valence-electron chi connectivity index (χ3n) is 5.80. The number of nitrogens with zero attached hydrogens (tertiary/aromatic N) is 2. The van der Waals surface area contributed by atoms with Gasteiger partial charge in [-0.25, -0.2) is 14.8 Å². The standard InChI is InChI=1S/C27H21N5O4/c1-15-21(26(35)36-2)22(16-9-4-3-5-10-16)30-27(28-15)32-31-25(34)19-13-8-12-18-23(19)29-20-14-7-6-11-17(20)24(18)33/h3-14H,1-2H3,(H,29,33)(H,31,34)(H,28,30,32). The van der Waals surface area contributed by atoms with E-state index in [1.54, 1.807) is 43.3 Å². The highest BCUT2D eigenvalue weighted by molar-refractivity contribution is 6.08. The minimum atomic E-state index is -0.561. The lowest BCUT2D eigenvalue weighted by Crippen LogP contribution is -2.31. The van der Waals surface area contributed by atoms with E-state index in [-0.39, 0.29) is 22.5 Å². The Hall–Kier alpha value is -5.05.